The molecule has 1 heterocycles. The van der Waals surface area contributed by atoms with E-state index in [4.69, 9.17) is 0 Å². The van der Waals surface area contributed by atoms with Gasteiger partial charge in [-0.3, -0.25) is 4.79 Å². The summed E-state index contributed by atoms with van der Waals surface area (Å²) in [6.45, 7) is 3.55. The molecule has 2 aromatic carbocycles. The number of carbonyl (C=O) groups is 1. The highest BCUT2D eigenvalue weighted by Crippen LogP contribution is 2.33. The third-order valence-electron chi connectivity index (χ3n) is 3.84. The van der Waals surface area contributed by atoms with Crippen molar-refractivity contribution in [2.75, 3.05) is 5.32 Å². The average molecular weight is 329 g/mol. The minimum absolute atomic E-state index is 0.0870. The summed E-state index contributed by atoms with van der Waals surface area (Å²) in [5.74, 6) is -0.574. The van der Waals surface area contributed by atoms with Crippen molar-refractivity contribution in [2.45, 2.75) is 20.5 Å². The van der Waals surface area contributed by atoms with Crippen LogP contribution in [0.5, 0.6) is 0 Å². The van der Waals surface area contributed by atoms with E-state index in [1.165, 1.54) is 17.4 Å². The number of aliphatic hydroxyl groups excluding tert-OH is 1. The molecule has 3 nitrogen and oxygen atoms in total. The number of aliphatic hydroxyl groups is 1. The van der Waals surface area contributed by atoms with E-state index < -0.39 is 0 Å². The van der Waals surface area contributed by atoms with Crippen LogP contribution in [0.1, 0.15) is 26.4 Å². The molecule has 118 valence electrons. The van der Waals surface area contributed by atoms with Gasteiger partial charge in [0.2, 0.25) is 0 Å². The maximum Gasteiger partial charge on any atom is 0.266 e. The molecule has 0 aliphatic heterocycles. The van der Waals surface area contributed by atoms with Crippen LogP contribution in [0.2, 0.25) is 0 Å². The van der Waals surface area contributed by atoms with E-state index in [-0.39, 0.29) is 18.3 Å². The maximum absolute atomic E-state index is 14.0. The molecule has 0 unspecified atom stereocenters. The van der Waals surface area contributed by atoms with Crippen molar-refractivity contribution >= 4 is 33.0 Å². The molecule has 0 fully saturated rings. The van der Waals surface area contributed by atoms with Gasteiger partial charge in [-0.25, -0.2) is 4.39 Å². The zero-order valence-electron chi connectivity index (χ0n) is 12.8. The number of halogens is 1. The Labute approximate surface area is 137 Å². The van der Waals surface area contributed by atoms with E-state index in [0.717, 1.165) is 15.8 Å². The van der Waals surface area contributed by atoms with Gasteiger partial charge in [-0.05, 0) is 48.7 Å². The maximum atomic E-state index is 14.0. The van der Waals surface area contributed by atoms with Gasteiger partial charge in [-0.2, -0.15) is 0 Å². The largest absolute Gasteiger partial charge is 0.392 e. The average Bonchev–Trinajstić information content (AvgIpc) is 2.88. The molecule has 0 aliphatic rings. The number of carbonyl (C=O) groups excluding carboxylic acids is 1. The summed E-state index contributed by atoms with van der Waals surface area (Å²) in [7, 11) is 0. The number of hydrogen-bond donors (Lipinski definition) is 2. The van der Waals surface area contributed by atoms with Gasteiger partial charge in [-0.1, -0.05) is 18.2 Å². The van der Waals surface area contributed by atoms with Gasteiger partial charge in [0, 0.05) is 15.8 Å². The van der Waals surface area contributed by atoms with E-state index >= 15 is 0 Å². The van der Waals surface area contributed by atoms with Crippen LogP contribution in [0.4, 0.5) is 10.1 Å². The van der Waals surface area contributed by atoms with Gasteiger partial charge in [0.05, 0.1) is 11.5 Å². The smallest absolute Gasteiger partial charge is 0.266 e. The molecule has 1 amide bonds. The third-order valence-corrected chi connectivity index (χ3v) is 5.10. The fourth-order valence-corrected chi connectivity index (χ4v) is 3.67. The van der Waals surface area contributed by atoms with E-state index in [0.29, 0.717) is 21.5 Å². The molecule has 0 saturated heterocycles. The van der Waals surface area contributed by atoms with Gasteiger partial charge in [0.15, 0.2) is 0 Å². The molecular formula is C18H16FNO2S. The normalized spacial score (nSPS) is 11.0. The van der Waals surface area contributed by atoms with Crippen LogP contribution >= 0.6 is 11.3 Å². The first-order valence-electron chi connectivity index (χ1n) is 7.20. The monoisotopic (exact) mass is 329 g/mol. The zero-order valence-corrected chi connectivity index (χ0v) is 13.6. The number of nitrogens with one attached hydrogen (secondary N) is 1. The Morgan fingerprint density at radius 3 is 2.74 bits per heavy atom. The second-order valence-corrected chi connectivity index (χ2v) is 6.48. The lowest BCUT2D eigenvalue weighted by Crippen LogP contribution is -2.12. The molecule has 0 spiro atoms. The number of rotatable bonds is 3. The summed E-state index contributed by atoms with van der Waals surface area (Å²) in [5.41, 5.74) is 2.93. The molecule has 0 saturated carbocycles. The summed E-state index contributed by atoms with van der Waals surface area (Å²) in [6, 6.07) is 10.3. The summed E-state index contributed by atoms with van der Waals surface area (Å²) in [6.07, 6.45) is 0. The number of hydrogen-bond acceptors (Lipinski definition) is 3. The van der Waals surface area contributed by atoms with Crippen molar-refractivity contribution in [3.63, 3.8) is 0 Å². The van der Waals surface area contributed by atoms with Crippen LogP contribution in [0.25, 0.3) is 10.1 Å². The van der Waals surface area contributed by atoms with Gasteiger partial charge in [-0.15, -0.1) is 11.3 Å². The van der Waals surface area contributed by atoms with Gasteiger partial charge in [0.25, 0.3) is 5.91 Å². The number of amides is 1. The number of anilines is 1. The summed E-state index contributed by atoms with van der Waals surface area (Å²) >= 11 is 1.28. The van der Waals surface area contributed by atoms with Crippen molar-refractivity contribution in [3.05, 3.63) is 63.8 Å². The first-order chi connectivity index (χ1) is 11.0. The highest BCUT2D eigenvalue weighted by Gasteiger charge is 2.18. The molecular weight excluding hydrogens is 313 g/mol. The molecule has 0 aliphatic carbocycles. The van der Waals surface area contributed by atoms with Crippen LogP contribution in [0.3, 0.4) is 0 Å². The molecule has 3 rings (SSSR count). The molecule has 2 N–H and O–H groups in total. The standard InChI is InChI=1S/C18H16FNO2S/c1-10-6-7-12(9-21)8-14(10)20-18(22)17-11(2)16-13(19)4-3-5-15(16)23-17/h3-8,21H,9H2,1-2H3,(H,20,22). The Morgan fingerprint density at radius 1 is 1.26 bits per heavy atom. The Balaban J connectivity index is 1.98. The minimum Gasteiger partial charge on any atom is -0.392 e. The second kappa shape index (κ2) is 6.10. The van der Waals surface area contributed by atoms with Crippen molar-refractivity contribution in [1.29, 1.82) is 0 Å². The predicted octanol–water partition coefficient (Wildman–Crippen LogP) is 4.40. The van der Waals surface area contributed by atoms with Crippen molar-refractivity contribution < 1.29 is 14.3 Å². The van der Waals surface area contributed by atoms with E-state index in [1.807, 2.05) is 25.1 Å². The van der Waals surface area contributed by atoms with E-state index in [2.05, 4.69) is 5.32 Å². The van der Waals surface area contributed by atoms with Crippen molar-refractivity contribution in [2.24, 2.45) is 0 Å². The van der Waals surface area contributed by atoms with Gasteiger partial charge in [0.1, 0.15) is 5.82 Å². The van der Waals surface area contributed by atoms with Crippen LogP contribution in [0.15, 0.2) is 36.4 Å². The zero-order chi connectivity index (χ0) is 16.6. The number of aryl methyl sites for hydroxylation is 2. The van der Waals surface area contributed by atoms with Crippen molar-refractivity contribution in [3.8, 4) is 0 Å². The summed E-state index contributed by atoms with van der Waals surface area (Å²) < 4.78 is 14.7. The molecule has 0 bridgehead atoms. The summed E-state index contributed by atoms with van der Waals surface area (Å²) in [5, 5.41) is 12.6. The minimum atomic E-state index is -0.311. The second-order valence-electron chi connectivity index (χ2n) is 5.43. The fraction of sp³-hybridized carbons (Fsp3) is 0.167. The lowest BCUT2D eigenvalue weighted by molar-refractivity contribution is 0.103. The Hall–Kier alpha value is -2.24. The van der Waals surface area contributed by atoms with Crippen molar-refractivity contribution in [1.82, 2.24) is 0 Å². The first kappa shape index (κ1) is 15.6. The molecule has 1 aromatic heterocycles. The molecule has 23 heavy (non-hydrogen) atoms. The lowest BCUT2D eigenvalue weighted by Gasteiger charge is -2.09. The van der Waals surface area contributed by atoms with Crippen LogP contribution < -0.4 is 5.32 Å². The van der Waals surface area contributed by atoms with Crippen LogP contribution in [-0.4, -0.2) is 11.0 Å². The highest BCUT2D eigenvalue weighted by atomic mass is 32.1. The predicted molar refractivity (Wildman–Crippen MR) is 91.6 cm³/mol. The Kier molecular flexibility index (Phi) is 4.15. The van der Waals surface area contributed by atoms with Crippen LogP contribution in [-0.2, 0) is 6.61 Å². The Morgan fingerprint density at radius 2 is 2.04 bits per heavy atom. The van der Waals surface area contributed by atoms with Crippen LogP contribution in [0, 0.1) is 19.7 Å². The van der Waals surface area contributed by atoms with Gasteiger partial charge >= 0.3 is 0 Å². The quantitative estimate of drug-likeness (QED) is 0.748. The topological polar surface area (TPSA) is 49.3 Å². The van der Waals surface area contributed by atoms with E-state index in [1.54, 1.807) is 19.1 Å². The Bertz CT molecular complexity index is 901. The van der Waals surface area contributed by atoms with E-state index in [9.17, 15) is 14.3 Å². The molecule has 0 radical (unpaired) electrons. The molecule has 5 heteroatoms. The number of fused-ring (bicyclic) bond motifs is 1. The third kappa shape index (κ3) is 2.85. The van der Waals surface area contributed by atoms with Gasteiger partial charge < -0.3 is 10.4 Å². The highest BCUT2D eigenvalue weighted by molar-refractivity contribution is 7.21. The molecule has 3 aromatic rings. The number of benzene rings is 2. The fourth-order valence-electron chi connectivity index (χ4n) is 2.55. The number of thiophene rings is 1. The first-order valence-corrected chi connectivity index (χ1v) is 8.02. The summed E-state index contributed by atoms with van der Waals surface area (Å²) in [4.78, 5) is 13.1. The molecule has 0 atom stereocenters. The lowest BCUT2D eigenvalue weighted by atomic mass is 10.1. The SMILES string of the molecule is Cc1ccc(CO)cc1NC(=O)c1sc2cccc(F)c2c1C.